The van der Waals surface area contributed by atoms with E-state index in [4.69, 9.17) is 9.94 Å². The fourth-order valence-corrected chi connectivity index (χ4v) is 0.903. The standard InChI is InChI=1S/C9H12N2O2/c1-7(2)13-9-3-4-10-8(5-9)6-11-12/h3-7,12H,1-2H3/b11-6+. The molecule has 0 atom stereocenters. The van der Waals surface area contributed by atoms with Crippen LogP contribution in [0.3, 0.4) is 0 Å². The molecule has 1 aromatic heterocycles. The number of hydrogen-bond acceptors (Lipinski definition) is 4. The van der Waals surface area contributed by atoms with Crippen LogP contribution >= 0.6 is 0 Å². The molecule has 4 nitrogen and oxygen atoms in total. The zero-order valence-electron chi connectivity index (χ0n) is 7.64. The molecule has 13 heavy (non-hydrogen) atoms. The summed E-state index contributed by atoms with van der Waals surface area (Å²) in [5, 5.41) is 11.2. The number of rotatable bonds is 3. The molecule has 0 spiro atoms. The molecule has 0 fully saturated rings. The van der Waals surface area contributed by atoms with Crippen LogP contribution in [0.1, 0.15) is 19.5 Å². The van der Waals surface area contributed by atoms with Gasteiger partial charge >= 0.3 is 0 Å². The average Bonchev–Trinajstić information content (AvgIpc) is 2.04. The van der Waals surface area contributed by atoms with Gasteiger partial charge in [0.1, 0.15) is 5.75 Å². The first kappa shape index (κ1) is 9.51. The molecular weight excluding hydrogens is 168 g/mol. The fraction of sp³-hybridized carbons (Fsp3) is 0.333. The Hall–Kier alpha value is -1.58. The predicted molar refractivity (Wildman–Crippen MR) is 49.4 cm³/mol. The molecule has 1 aromatic rings. The van der Waals surface area contributed by atoms with Crippen LogP contribution in [-0.2, 0) is 0 Å². The highest BCUT2D eigenvalue weighted by Gasteiger charge is 1.98. The highest BCUT2D eigenvalue weighted by atomic mass is 16.5. The zero-order valence-corrected chi connectivity index (χ0v) is 7.64. The van der Waals surface area contributed by atoms with Crippen LogP contribution in [0, 0.1) is 0 Å². The summed E-state index contributed by atoms with van der Waals surface area (Å²) in [7, 11) is 0. The van der Waals surface area contributed by atoms with Crippen molar-refractivity contribution in [3.05, 3.63) is 24.0 Å². The molecule has 0 aliphatic rings. The van der Waals surface area contributed by atoms with Gasteiger partial charge in [-0.1, -0.05) is 5.16 Å². The van der Waals surface area contributed by atoms with Crippen molar-refractivity contribution in [1.82, 2.24) is 4.98 Å². The Morgan fingerprint density at radius 2 is 2.38 bits per heavy atom. The molecule has 0 bridgehead atoms. The molecule has 0 aromatic carbocycles. The molecule has 0 saturated carbocycles. The largest absolute Gasteiger partial charge is 0.491 e. The number of aromatic nitrogens is 1. The molecule has 1 heterocycles. The quantitative estimate of drug-likeness (QED) is 0.437. The van der Waals surface area contributed by atoms with Gasteiger partial charge in [0, 0.05) is 12.3 Å². The molecule has 70 valence electrons. The molecule has 0 aliphatic heterocycles. The minimum absolute atomic E-state index is 0.126. The molecule has 0 aliphatic carbocycles. The summed E-state index contributed by atoms with van der Waals surface area (Å²) in [6, 6.07) is 3.47. The first-order chi connectivity index (χ1) is 6.22. The topological polar surface area (TPSA) is 54.7 Å². The summed E-state index contributed by atoms with van der Waals surface area (Å²) in [4.78, 5) is 3.95. The molecular formula is C9H12N2O2. The predicted octanol–water partition coefficient (Wildman–Crippen LogP) is 1.68. The van der Waals surface area contributed by atoms with Crippen molar-refractivity contribution in [1.29, 1.82) is 0 Å². The monoisotopic (exact) mass is 180 g/mol. The van der Waals surface area contributed by atoms with Gasteiger partial charge in [-0.3, -0.25) is 4.98 Å². The van der Waals surface area contributed by atoms with Crippen LogP contribution in [0.4, 0.5) is 0 Å². The van der Waals surface area contributed by atoms with Crippen molar-refractivity contribution in [3.63, 3.8) is 0 Å². The summed E-state index contributed by atoms with van der Waals surface area (Å²) < 4.78 is 5.42. The first-order valence-electron chi connectivity index (χ1n) is 4.02. The third kappa shape index (κ3) is 3.11. The van der Waals surface area contributed by atoms with Crippen LogP contribution in [0.5, 0.6) is 5.75 Å². The molecule has 4 heteroatoms. The van der Waals surface area contributed by atoms with E-state index < -0.39 is 0 Å². The van der Waals surface area contributed by atoms with Crippen molar-refractivity contribution in [2.24, 2.45) is 5.16 Å². The van der Waals surface area contributed by atoms with Crippen molar-refractivity contribution < 1.29 is 9.94 Å². The molecule has 1 rings (SSSR count). The van der Waals surface area contributed by atoms with E-state index in [-0.39, 0.29) is 6.10 Å². The van der Waals surface area contributed by atoms with Crippen LogP contribution < -0.4 is 4.74 Å². The molecule has 0 radical (unpaired) electrons. The normalized spacial score (nSPS) is 11.0. The number of hydrogen-bond donors (Lipinski definition) is 1. The lowest BCUT2D eigenvalue weighted by atomic mass is 10.3. The van der Waals surface area contributed by atoms with Gasteiger partial charge in [-0.05, 0) is 19.9 Å². The van der Waals surface area contributed by atoms with E-state index in [0.717, 1.165) is 5.75 Å². The average molecular weight is 180 g/mol. The lowest BCUT2D eigenvalue weighted by Crippen LogP contribution is -2.05. The zero-order chi connectivity index (χ0) is 9.68. The van der Waals surface area contributed by atoms with Crippen molar-refractivity contribution in [2.75, 3.05) is 0 Å². The van der Waals surface area contributed by atoms with Gasteiger partial charge in [0.2, 0.25) is 0 Å². The smallest absolute Gasteiger partial charge is 0.123 e. The summed E-state index contributed by atoms with van der Waals surface area (Å²) in [5.74, 6) is 0.722. The second kappa shape index (κ2) is 4.45. The van der Waals surface area contributed by atoms with Gasteiger partial charge in [0.15, 0.2) is 0 Å². The summed E-state index contributed by atoms with van der Waals surface area (Å²) in [6.45, 7) is 3.89. The number of nitrogens with zero attached hydrogens (tertiary/aromatic N) is 2. The second-order valence-electron chi connectivity index (χ2n) is 2.83. The molecule has 0 amide bonds. The maximum Gasteiger partial charge on any atom is 0.123 e. The maximum absolute atomic E-state index is 8.28. The van der Waals surface area contributed by atoms with Crippen molar-refractivity contribution >= 4 is 6.21 Å². The Labute approximate surface area is 76.9 Å². The van der Waals surface area contributed by atoms with E-state index in [1.807, 2.05) is 13.8 Å². The molecule has 0 unspecified atom stereocenters. The van der Waals surface area contributed by atoms with E-state index in [1.54, 1.807) is 18.3 Å². The van der Waals surface area contributed by atoms with E-state index in [9.17, 15) is 0 Å². The number of oxime groups is 1. The Balaban J connectivity index is 2.79. The van der Waals surface area contributed by atoms with Gasteiger partial charge in [-0.25, -0.2) is 0 Å². The van der Waals surface area contributed by atoms with Crippen LogP contribution in [-0.4, -0.2) is 22.5 Å². The first-order valence-corrected chi connectivity index (χ1v) is 4.02. The van der Waals surface area contributed by atoms with Crippen molar-refractivity contribution in [2.45, 2.75) is 20.0 Å². The van der Waals surface area contributed by atoms with Gasteiger partial charge in [0.05, 0.1) is 18.0 Å². The van der Waals surface area contributed by atoms with Crippen LogP contribution in [0.2, 0.25) is 0 Å². The van der Waals surface area contributed by atoms with Gasteiger partial charge in [0.25, 0.3) is 0 Å². The second-order valence-corrected chi connectivity index (χ2v) is 2.83. The van der Waals surface area contributed by atoms with E-state index >= 15 is 0 Å². The van der Waals surface area contributed by atoms with Crippen LogP contribution in [0.25, 0.3) is 0 Å². The molecule has 1 N–H and O–H groups in total. The summed E-state index contributed by atoms with van der Waals surface area (Å²) >= 11 is 0. The van der Waals surface area contributed by atoms with E-state index in [1.165, 1.54) is 6.21 Å². The summed E-state index contributed by atoms with van der Waals surface area (Å²) in [5.41, 5.74) is 0.570. The highest BCUT2D eigenvalue weighted by molar-refractivity contribution is 5.76. The summed E-state index contributed by atoms with van der Waals surface area (Å²) in [6.07, 6.45) is 2.99. The number of ether oxygens (including phenoxy) is 1. The maximum atomic E-state index is 8.28. The van der Waals surface area contributed by atoms with Gasteiger partial charge in [-0.2, -0.15) is 0 Å². The van der Waals surface area contributed by atoms with E-state index in [0.29, 0.717) is 5.69 Å². The lowest BCUT2D eigenvalue weighted by molar-refractivity contribution is 0.242. The Bertz CT molecular complexity index is 297. The van der Waals surface area contributed by atoms with E-state index in [2.05, 4.69) is 10.1 Å². The highest BCUT2D eigenvalue weighted by Crippen LogP contribution is 2.11. The third-order valence-electron chi connectivity index (χ3n) is 1.31. The Morgan fingerprint density at radius 3 is 3.00 bits per heavy atom. The third-order valence-corrected chi connectivity index (χ3v) is 1.31. The van der Waals surface area contributed by atoms with Crippen molar-refractivity contribution in [3.8, 4) is 5.75 Å². The number of pyridine rings is 1. The molecule has 0 saturated heterocycles. The SMILES string of the molecule is CC(C)Oc1ccnc(/C=N/O)c1. The fourth-order valence-electron chi connectivity index (χ4n) is 0.903. The minimum Gasteiger partial charge on any atom is -0.491 e. The van der Waals surface area contributed by atoms with Gasteiger partial charge < -0.3 is 9.94 Å². The Kier molecular flexibility index (Phi) is 3.25. The minimum atomic E-state index is 0.126. The van der Waals surface area contributed by atoms with Gasteiger partial charge in [-0.15, -0.1) is 0 Å². The Morgan fingerprint density at radius 1 is 1.62 bits per heavy atom. The van der Waals surface area contributed by atoms with Crippen LogP contribution in [0.15, 0.2) is 23.5 Å². The lowest BCUT2D eigenvalue weighted by Gasteiger charge is -2.08.